The molecule has 1 aliphatic rings. The van der Waals surface area contributed by atoms with Gasteiger partial charge in [0, 0.05) is 42.6 Å². The highest BCUT2D eigenvalue weighted by Gasteiger charge is 2.28. The minimum absolute atomic E-state index is 0.0887. The molecule has 3 aromatic rings. The summed E-state index contributed by atoms with van der Waals surface area (Å²) >= 11 is 0. The third-order valence-electron chi connectivity index (χ3n) is 5.83. The third-order valence-corrected chi connectivity index (χ3v) is 7.71. The molecular weight excluding hydrogens is 466 g/mol. The van der Waals surface area contributed by atoms with Gasteiger partial charge in [-0.2, -0.15) is 4.31 Å². The molecule has 0 spiro atoms. The van der Waals surface area contributed by atoms with Gasteiger partial charge in [-0.3, -0.25) is 4.79 Å². The van der Waals surface area contributed by atoms with Gasteiger partial charge in [0.1, 0.15) is 11.5 Å². The molecule has 2 N–H and O–H groups in total. The fourth-order valence-electron chi connectivity index (χ4n) is 3.95. The minimum Gasteiger partial charge on any atom is -0.497 e. The highest BCUT2D eigenvalue weighted by atomic mass is 32.2. The Morgan fingerprint density at radius 3 is 2.29 bits per heavy atom. The van der Waals surface area contributed by atoms with E-state index in [4.69, 9.17) is 9.47 Å². The molecule has 8 nitrogen and oxygen atoms in total. The Bertz CT molecular complexity index is 1300. The Morgan fingerprint density at radius 2 is 1.57 bits per heavy atom. The van der Waals surface area contributed by atoms with Crippen LogP contribution in [0.5, 0.6) is 11.5 Å². The number of nitrogens with one attached hydrogen (secondary N) is 2. The highest BCUT2D eigenvalue weighted by molar-refractivity contribution is 7.89. The van der Waals surface area contributed by atoms with E-state index < -0.39 is 15.9 Å². The van der Waals surface area contributed by atoms with E-state index in [9.17, 15) is 13.2 Å². The van der Waals surface area contributed by atoms with E-state index in [2.05, 4.69) is 10.6 Å². The average molecular weight is 496 g/mol. The molecule has 3 aromatic carbocycles. The number of carbonyl (C=O) groups is 1. The lowest BCUT2D eigenvalue weighted by molar-refractivity contribution is 0.102. The van der Waals surface area contributed by atoms with Crippen LogP contribution in [0.15, 0.2) is 71.6 Å². The number of carbonyl (C=O) groups excluding carboxylic acids is 1. The van der Waals surface area contributed by atoms with Crippen LogP contribution >= 0.6 is 0 Å². The quantitative estimate of drug-likeness (QED) is 0.458. The minimum atomic E-state index is -3.72. The van der Waals surface area contributed by atoms with Crippen LogP contribution in [0.3, 0.4) is 0 Å². The molecule has 0 aromatic heterocycles. The monoisotopic (exact) mass is 495 g/mol. The second-order valence-corrected chi connectivity index (χ2v) is 10.2. The Morgan fingerprint density at radius 1 is 0.886 bits per heavy atom. The van der Waals surface area contributed by atoms with E-state index in [1.54, 1.807) is 50.6 Å². The van der Waals surface area contributed by atoms with E-state index in [0.717, 1.165) is 24.2 Å². The molecule has 1 aliphatic heterocycles. The highest BCUT2D eigenvalue weighted by Crippen LogP contribution is 2.27. The van der Waals surface area contributed by atoms with Gasteiger partial charge in [0.15, 0.2) is 0 Å². The standard InChI is InChI=1S/C26H29N3O5S/c1-33-23-9-5-7-19(13-23)18-27-22-14-20(26(30)28-21-8-6-10-24(16-21)34-2)15-25(17-22)35(31,32)29-11-3-4-12-29/h5-10,13-17,27H,3-4,11-12,18H2,1-2H3,(H,28,30). The van der Waals surface area contributed by atoms with Crippen molar-refractivity contribution in [3.05, 3.63) is 77.9 Å². The van der Waals surface area contributed by atoms with Crippen molar-refractivity contribution < 1.29 is 22.7 Å². The number of anilines is 2. The number of hydrogen-bond acceptors (Lipinski definition) is 6. The van der Waals surface area contributed by atoms with Crippen LogP contribution in [0.2, 0.25) is 0 Å². The Labute approximate surface area is 205 Å². The number of hydrogen-bond donors (Lipinski definition) is 2. The molecule has 0 bridgehead atoms. The third kappa shape index (κ3) is 5.93. The maximum atomic E-state index is 13.3. The lowest BCUT2D eigenvalue weighted by atomic mass is 10.1. The van der Waals surface area contributed by atoms with Gasteiger partial charge in [-0.05, 0) is 60.9 Å². The largest absolute Gasteiger partial charge is 0.497 e. The van der Waals surface area contributed by atoms with Crippen molar-refractivity contribution in [1.82, 2.24) is 4.31 Å². The van der Waals surface area contributed by atoms with Gasteiger partial charge in [-0.1, -0.05) is 18.2 Å². The predicted octanol–water partition coefficient (Wildman–Crippen LogP) is 4.35. The molecule has 0 unspecified atom stereocenters. The Hall–Kier alpha value is -3.56. The number of benzene rings is 3. The maximum Gasteiger partial charge on any atom is 0.255 e. The summed E-state index contributed by atoms with van der Waals surface area (Å²) in [5, 5.41) is 6.08. The molecule has 35 heavy (non-hydrogen) atoms. The van der Waals surface area contributed by atoms with E-state index >= 15 is 0 Å². The van der Waals surface area contributed by atoms with Crippen molar-refractivity contribution in [3.63, 3.8) is 0 Å². The summed E-state index contributed by atoms with van der Waals surface area (Å²) in [6.45, 7) is 1.39. The van der Waals surface area contributed by atoms with Crippen LogP contribution < -0.4 is 20.1 Å². The number of ether oxygens (including phenoxy) is 2. The topological polar surface area (TPSA) is 97.0 Å². The average Bonchev–Trinajstić information content (AvgIpc) is 3.44. The molecule has 0 saturated carbocycles. The molecule has 0 aliphatic carbocycles. The van der Waals surface area contributed by atoms with Crippen LogP contribution in [0.25, 0.3) is 0 Å². The normalized spacial score (nSPS) is 13.9. The molecule has 0 radical (unpaired) electrons. The first kappa shape index (κ1) is 24.6. The summed E-state index contributed by atoms with van der Waals surface area (Å²) in [5.74, 6) is 0.919. The molecule has 1 saturated heterocycles. The number of rotatable bonds is 9. The van der Waals surface area contributed by atoms with Crippen molar-refractivity contribution in [1.29, 1.82) is 0 Å². The molecule has 1 heterocycles. The van der Waals surface area contributed by atoms with Crippen LogP contribution in [0.1, 0.15) is 28.8 Å². The van der Waals surface area contributed by atoms with E-state index in [-0.39, 0.29) is 10.5 Å². The van der Waals surface area contributed by atoms with Gasteiger partial charge in [0.2, 0.25) is 10.0 Å². The first-order chi connectivity index (χ1) is 16.9. The van der Waals surface area contributed by atoms with Gasteiger partial charge in [0.05, 0.1) is 19.1 Å². The van der Waals surface area contributed by atoms with E-state index in [1.807, 2.05) is 24.3 Å². The lowest BCUT2D eigenvalue weighted by Crippen LogP contribution is -2.28. The van der Waals surface area contributed by atoms with Gasteiger partial charge >= 0.3 is 0 Å². The first-order valence-corrected chi connectivity index (χ1v) is 12.8. The zero-order valence-electron chi connectivity index (χ0n) is 19.8. The molecule has 4 rings (SSSR count). The second-order valence-electron chi connectivity index (χ2n) is 8.25. The molecular formula is C26H29N3O5S. The smallest absolute Gasteiger partial charge is 0.255 e. The first-order valence-electron chi connectivity index (χ1n) is 11.4. The van der Waals surface area contributed by atoms with Crippen LogP contribution in [-0.2, 0) is 16.6 Å². The van der Waals surface area contributed by atoms with E-state index in [1.165, 1.54) is 10.4 Å². The van der Waals surface area contributed by atoms with Gasteiger partial charge in [-0.15, -0.1) is 0 Å². The zero-order valence-corrected chi connectivity index (χ0v) is 20.6. The second kappa shape index (κ2) is 10.8. The molecule has 1 fully saturated rings. The molecule has 1 amide bonds. The number of methoxy groups -OCH3 is 2. The van der Waals surface area contributed by atoms with Crippen LogP contribution in [0, 0.1) is 0 Å². The summed E-state index contributed by atoms with van der Waals surface area (Å²) in [7, 11) is -0.568. The Kier molecular flexibility index (Phi) is 7.57. The van der Waals surface area contributed by atoms with Crippen molar-refractivity contribution in [2.45, 2.75) is 24.3 Å². The lowest BCUT2D eigenvalue weighted by Gasteiger charge is -2.18. The fraction of sp³-hybridized carbons (Fsp3) is 0.269. The van der Waals surface area contributed by atoms with Gasteiger partial charge in [-0.25, -0.2) is 8.42 Å². The summed E-state index contributed by atoms with van der Waals surface area (Å²) in [6, 6.07) is 19.2. The molecule has 9 heteroatoms. The predicted molar refractivity (Wildman–Crippen MR) is 136 cm³/mol. The van der Waals surface area contributed by atoms with Crippen molar-refractivity contribution >= 4 is 27.3 Å². The number of amides is 1. The van der Waals surface area contributed by atoms with Crippen LogP contribution in [0.4, 0.5) is 11.4 Å². The van der Waals surface area contributed by atoms with Crippen molar-refractivity contribution in [3.8, 4) is 11.5 Å². The van der Waals surface area contributed by atoms with Crippen LogP contribution in [-0.4, -0.2) is 45.9 Å². The maximum absolute atomic E-state index is 13.3. The summed E-state index contributed by atoms with van der Waals surface area (Å²) in [5.41, 5.74) is 2.28. The Balaban J connectivity index is 1.64. The molecule has 184 valence electrons. The fourth-order valence-corrected chi connectivity index (χ4v) is 5.54. The summed E-state index contributed by atoms with van der Waals surface area (Å²) in [4.78, 5) is 13.2. The van der Waals surface area contributed by atoms with Gasteiger partial charge in [0.25, 0.3) is 5.91 Å². The van der Waals surface area contributed by atoms with Crippen molar-refractivity contribution in [2.75, 3.05) is 37.9 Å². The molecule has 0 atom stereocenters. The van der Waals surface area contributed by atoms with Gasteiger partial charge < -0.3 is 20.1 Å². The number of nitrogens with zero attached hydrogens (tertiary/aromatic N) is 1. The SMILES string of the molecule is COc1cccc(CNc2cc(C(=O)Nc3cccc(OC)c3)cc(S(=O)(=O)N3CCCC3)c2)c1. The van der Waals surface area contributed by atoms with Crippen molar-refractivity contribution in [2.24, 2.45) is 0 Å². The number of sulfonamides is 1. The summed E-state index contributed by atoms with van der Waals surface area (Å²) < 4.78 is 38.6. The van der Waals surface area contributed by atoms with E-state index in [0.29, 0.717) is 36.8 Å². The summed E-state index contributed by atoms with van der Waals surface area (Å²) in [6.07, 6.45) is 1.66. The zero-order chi connectivity index (χ0) is 24.8.